The lowest BCUT2D eigenvalue weighted by Crippen LogP contribution is -2.00. The molecule has 0 aliphatic heterocycles. The Hall–Kier alpha value is -2.19. The fourth-order valence-corrected chi connectivity index (χ4v) is 2.50. The van der Waals surface area contributed by atoms with E-state index in [0.29, 0.717) is 21.9 Å². The van der Waals surface area contributed by atoms with Gasteiger partial charge in [-0.2, -0.15) is 0 Å². The molecule has 0 unspecified atom stereocenters. The second-order valence-electron chi connectivity index (χ2n) is 4.06. The van der Waals surface area contributed by atoms with E-state index in [-0.39, 0.29) is 10.8 Å². The van der Waals surface area contributed by atoms with E-state index in [0.717, 1.165) is 0 Å². The van der Waals surface area contributed by atoms with Gasteiger partial charge in [0.05, 0.1) is 10.3 Å². The maximum Gasteiger partial charge on any atom is 0.294 e. The van der Waals surface area contributed by atoms with Crippen LogP contribution in [0.15, 0.2) is 35.6 Å². The first kappa shape index (κ1) is 13.8. The summed E-state index contributed by atoms with van der Waals surface area (Å²) in [6, 6.07) is 6.34. The van der Waals surface area contributed by atoms with Crippen LogP contribution in [-0.2, 0) is 0 Å². The van der Waals surface area contributed by atoms with Crippen molar-refractivity contribution < 1.29 is 4.92 Å². The Bertz CT molecular complexity index is 851. The van der Waals surface area contributed by atoms with Gasteiger partial charge in [-0.3, -0.25) is 10.1 Å². The Balaban J connectivity index is 2.23. The SMILES string of the molecule is CSc1nc(Cl)c2cn(-c3ccccc3[N+](=O)[O-])nc2n1. The predicted molar refractivity (Wildman–Crippen MR) is 80.1 cm³/mol. The van der Waals surface area contributed by atoms with Crippen molar-refractivity contribution in [3.8, 4) is 5.69 Å². The van der Waals surface area contributed by atoms with Crippen LogP contribution in [-0.4, -0.2) is 30.9 Å². The molecule has 106 valence electrons. The number of nitro groups is 1. The number of rotatable bonds is 3. The van der Waals surface area contributed by atoms with Crippen molar-refractivity contribution in [1.82, 2.24) is 19.7 Å². The zero-order valence-electron chi connectivity index (χ0n) is 10.7. The summed E-state index contributed by atoms with van der Waals surface area (Å²) in [5, 5.41) is 16.7. The lowest BCUT2D eigenvalue weighted by molar-refractivity contribution is -0.384. The summed E-state index contributed by atoms with van der Waals surface area (Å²) in [5.41, 5.74) is 0.708. The van der Waals surface area contributed by atoms with E-state index in [1.54, 1.807) is 24.4 Å². The molecule has 0 aliphatic carbocycles. The first-order chi connectivity index (χ1) is 10.1. The number of hydrogen-bond acceptors (Lipinski definition) is 6. The highest BCUT2D eigenvalue weighted by atomic mass is 35.5. The van der Waals surface area contributed by atoms with Crippen molar-refractivity contribution in [3.05, 3.63) is 45.7 Å². The van der Waals surface area contributed by atoms with Gasteiger partial charge in [0.25, 0.3) is 5.69 Å². The van der Waals surface area contributed by atoms with Crippen molar-refractivity contribution in [3.63, 3.8) is 0 Å². The molecule has 0 amide bonds. The molecule has 2 aromatic heterocycles. The second kappa shape index (κ2) is 5.30. The Kier molecular flexibility index (Phi) is 3.48. The Labute approximate surface area is 128 Å². The minimum absolute atomic E-state index is 0.0422. The van der Waals surface area contributed by atoms with Gasteiger partial charge < -0.3 is 0 Å². The quantitative estimate of drug-likeness (QED) is 0.242. The molecule has 0 atom stereocenters. The van der Waals surface area contributed by atoms with Crippen LogP contribution >= 0.6 is 23.4 Å². The monoisotopic (exact) mass is 321 g/mol. The van der Waals surface area contributed by atoms with Crippen LogP contribution in [0.5, 0.6) is 0 Å². The van der Waals surface area contributed by atoms with Crippen molar-refractivity contribution in [2.24, 2.45) is 0 Å². The molecule has 7 nitrogen and oxygen atoms in total. The molecular formula is C12H8ClN5O2S. The maximum atomic E-state index is 11.1. The molecular weight excluding hydrogens is 314 g/mol. The lowest BCUT2D eigenvalue weighted by atomic mass is 10.3. The summed E-state index contributed by atoms with van der Waals surface area (Å²) >= 11 is 7.44. The van der Waals surface area contributed by atoms with Crippen LogP contribution in [0.2, 0.25) is 5.15 Å². The molecule has 3 aromatic rings. The number of halogens is 1. The second-order valence-corrected chi connectivity index (χ2v) is 5.19. The average Bonchev–Trinajstić information content (AvgIpc) is 2.91. The number of nitrogens with zero attached hydrogens (tertiary/aromatic N) is 5. The highest BCUT2D eigenvalue weighted by molar-refractivity contribution is 7.98. The molecule has 1 aromatic carbocycles. The van der Waals surface area contributed by atoms with Gasteiger partial charge in [-0.25, -0.2) is 14.6 Å². The molecule has 21 heavy (non-hydrogen) atoms. The molecule has 0 radical (unpaired) electrons. The highest BCUT2D eigenvalue weighted by Gasteiger charge is 2.17. The first-order valence-corrected chi connectivity index (χ1v) is 7.41. The maximum absolute atomic E-state index is 11.1. The topological polar surface area (TPSA) is 86.7 Å². The molecule has 0 fully saturated rings. The minimum Gasteiger partial charge on any atom is -0.258 e. The zero-order chi connectivity index (χ0) is 15.0. The Morgan fingerprint density at radius 3 is 2.81 bits per heavy atom. The number of hydrogen-bond donors (Lipinski definition) is 0. The summed E-state index contributed by atoms with van der Waals surface area (Å²) < 4.78 is 1.40. The third-order valence-corrected chi connectivity index (χ3v) is 3.66. The fourth-order valence-electron chi connectivity index (χ4n) is 1.88. The van der Waals surface area contributed by atoms with Crippen molar-refractivity contribution in [2.75, 3.05) is 6.26 Å². The van der Waals surface area contributed by atoms with Crippen LogP contribution in [0.25, 0.3) is 16.7 Å². The molecule has 0 spiro atoms. The smallest absolute Gasteiger partial charge is 0.258 e. The number of aromatic nitrogens is 4. The molecule has 0 N–H and O–H groups in total. The van der Waals surface area contributed by atoms with Gasteiger partial charge in [-0.15, -0.1) is 5.10 Å². The largest absolute Gasteiger partial charge is 0.294 e. The highest BCUT2D eigenvalue weighted by Crippen LogP contribution is 2.27. The third-order valence-electron chi connectivity index (χ3n) is 2.82. The van der Waals surface area contributed by atoms with Gasteiger partial charge in [-0.1, -0.05) is 35.5 Å². The van der Waals surface area contributed by atoms with Crippen molar-refractivity contribution in [1.29, 1.82) is 0 Å². The molecule has 3 rings (SSSR count). The summed E-state index contributed by atoms with van der Waals surface area (Å²) in [6.45, 7) is 0. The first-order valence-electron chi connectivity index (χ1n) is 5.81. The predicted octanol–water partition coefficient (Wildman–Crippen LogP) is 3.10. The lowest BCUT2D eigenvalue weighted by Gasteiger charge is -2.01. The normalized spacial score (nSPS) is 11.0. The minimum atomic E-state index is -0.456. The number of para-hydroxylation sites is 2. The molecule has 2 heterocycles. The zero-order valence-corrected chi connectivity index (χ0v) is 12.3. The summed E-state index contributed by atoms with van der Waals surface area (Å²) in [6.07, 6.45) is 3.42. The van der Waals surface area contributed by atoms with Gasteiger partial charge >= 0.3 is 0 Å². The fraction of sp³-hybridized carbons (Fsp3) is 0.0833. The summed E-state index contributed by atoms with van der Waals surface area (Å²) in [4.78, 5) is 19.0. The third kappa shape index (κ3) is 2.43. The van der Waals surface area contributed by atoms with Crippen LogP contribution < -0.4 is 0 Å². The summed E-state index contributed by atoms with van der Waals surface area (Å²) in [5.74, 6) is 0. The molecule has 0 bridgehead atoms. The molecule has 0 saturated heterocycles. The Morgan fingerprint density at radius 2 is 2.10 bits per heavy atom. The van der Waals surface area contributed by atoms with Gasteiger partial charge in [0.15, 0.2) is 10.8 Å². The van der Waals surface area contributed by atoms with E-state index in [1.807, 2.05) is 6.26 Å². The van der Waals surface area contributed by atoms with E-state index in [4.69, 9.17) is 11.6 Å². The number of nitro benzene ring substituents is 1. The standard InChI is InChI=1S/C12H8ClN5O2S/c1-21-12-14-10(13)7-6-17(16-11(7)15-12)8-4-2-3-5-9(8)18(19)20/h2-6H,1H3. The van der Waals surface area contributed by atoms with Crippen LogP contribution in [0, 0.1) is 10.1 Å². The Morgan fingerprint density at radius 1 is 1.33 bits per heavy atom. The van der Waals surface area contributed by atoms with Gasteiger partial charge in [0.2, 0.25) is 0 Å². The van der Waals surface area contributed by atoms with Crippen molar-refractivity contribution in [2.45, 2.75) is 5.16 Å². The van der Waals surface area contributed by atoms with Gasteiger partial charge in [0.1, 0.15) is 10.8 Å². The number of benzene rings is 1. The van der Waals surface area contributed by atoms with E-state index >= 15 is 0 Å². The van der Waals surface area contributed by atoms with E-state index in [1.165, 1.54) is 22.5 Å². The number of fused-ring (bicyclic) bond motifs is 1. The van der Waals surface area contributed by atoms with Crippen LogP contribution in [0.1, 0.15) is 0 Å². The van der Waals surface area contributed by atoms with Gasteiger partial charge in [-0.05, 0) is 12.3 Å². The molecule has 0 saturated carbocycles. The van der Waals surface area contributed by atoms with E-state index in [2.05, 4.69) is 15.1 Å². The number of thioether (sulfide) groups is 1. The van der Waals surface area contributed by atoms with E-state index in [9.17, 15) is 10.1 Å². The summed E-state index contributed by atoms with van der Waals surface area (Å²) in [7, 11) is 0. The van der Waals surface area contributed by atoms with Crippen molar-refractivity contribution >= 4 is 40.1 Å². The van der Waals surface area contributed by atoms with Crippen LogP contribution in [0.3, 0.4) is 0 Å². The van der Waals surface area contributed by atoms with E-state index < -0.39 is 4.92 Å². The molecule has 9 heteroatoms. The van der Waals surface area contributed by atoms with Gasteiger partial charge in [0, 0.05) is 12.3 Å². The van der Waals surface area contributed by atoms with Crippen LogP contribution in [0.4, 0.5) is 5.69 Å². The average molecular weight is 322 g/mol. The molecule has 0 aliphatic rings.